The van der Waals surface area contributed by atoms with Gasteiger partial charge < -0.3 is 10.4 Å². The fourth-order valence-corrected chi connectivity index (χ4v) is 1.90. The lowest BCUT2D eigenvalue weighted by atomic mass is 10.2. The Morgan fingerprint density at radius 2 is 2.07 bits per heavy atom. The molecule has 15 heavy (non-hydrogen) atoms. The van der Waals surface area contributed by atoms with Gasteiger partial charge in [-0.15, -0.1) is 0 Å². The van der Waals surface area contributed by atoms with Crippen molar-refractivity contribution in [3.8, 4) is 0 Å². The summed E-state index contributed by atoms with van der Waals surface area (Å²) in [7, 11) is 0. The summed E-state index contributed by atoms with van der Waals surface area (Å²) in [5.41, 5.74) is 0.912. The zero-order valence-corrected chi connectivity index (χ0v) is 9.78. The van der Waals surface area contributed by atoms with Crippen molar-refractivity contribution in [1.29, 1.82) is 0 Å². The molecule has 0 spiro atoms. The molecular weight excluding hydrogens is 233 g/mol. The third-order valence-corrected chi connectivity index (χ3v) is 3.70. The third-order valence-electron chi connectivity index (χ3n) is 2.84. The number of benzene rings is 1. The van der Waals surface area contributed by atoms with Gasteiger partial charge in [-0.2, -0.15) is 0 Å². The van der Waals surface area contributed by atoms with E-state index in [1.54, 1.807) is 6.07 Å². The van der Waals surface area contributed by atoms with Crippen molar-refractivity contribution in [2.75, 3.05) is 6.61 Å². The van der Waals surface area contributed by atoms with Gasteiger partial charge in [-0.3, -0.25) is 0 Å². The molecule has 0 unspecified atom stereocenters. The van der Waals surface area contributed by atoms with Crippen LogP contribution < -0.4 is 5.32 Å². The molecule has 0 atom stereocenters. The van der Waals surface area contributed by atoms with Crippen LogP contribution in [0.15, 0.2) is 18.2 Å². The minimum Gasteiger partial charge on any atom is -0.394 e. The molecule has 1 aliphatic rings. The first-order chi connectivity index (χ1) is 7.17. The van der Waals surface area contributed by atoms with E-state index in [1.165, 1.54) is 0 Å². The zero-order chi connectivity index (χ0) is 10.9. The van der Waals surface area contributed by atoms with Gasteiger partial charge >= 0.3 is 0 Å². The van der Waals surface area contributed by atoms with E-state index in [9.17, 15) is 0 Å². The Balaban J connectivity index is 2.02. The molecular formula is C11H13Cl2NO. The second-order valence-corrected chi connectivity index (χ2v) is 4.79. The Morgan fingerprint density at radius 3 is 2.67 bits per heavy atom. The third kappa shape index (κ3) is 2.45. The Labute approximate surface area is 99.2 Å². The van der Waals surface area contributed by atoms with E-state index in [0.29, 0.717) is 16.6 Å². The maximum absolute atomic E-state index is 9.14. The smallest absolute Gasteiger partial charge is 0.0637 e. The maximum Gasteiger partial charge on any atom is 0.0637 e. The van der Waals surface area contributed by atoms with Gasteiger partial charge in [0.1, 0.15) is 0 Å². The molecule has 1 aromatic carbocycles. The summed E-state index contributed by atoms with van der Waals surface area (Å²) in [6.45, 7) is 0.838. The lowest BCUT2D eigenvalue weighted by molar-refractivity contribution is 0.229. The molecule has 0 aliphatic heterocycles. The minimum absolute atomic E-state index is 0.0638. The molecule has 2 nitrogen and oxygen atoms in total. The minimum atomic E-state index is -0.0638. The van der Waals surface area contributed by atoms with Crippen LogP contribution in [0, 0.1) is 0 Å². The van der Waals surface area contributed by atoms with Crippen LogP contribution >= 0.6 is 23.2 Å². The van der Waals surface area contributed by atoms with Gasteiger partial charge in [0.25, 0.3) is 0 Å². The molecule has 1 fully saturated rings. The molecule has 1 aliphatic carbocycles. The second kappa shape index (κ2) is 4.30. The van der Waals surface area contributed by atoms with Crippen molar-refractivity contribution in [3.05, 3.63) is 33.8 Å². The fourth-order valence-electron chi connectivity index (χ4n) is 1.51. The number of hydrogen-bond donors (Lipinski definition) is 2. The first-order valence-corrected chi connectivity index (χ1v) is 5.71. The van der Waals surface area contributed by atoms with E-state index in [0.717, 1.165) is 18.4 Å². The molecule has 0 bridgehead atoms. The van der Waals surface area contributed by atoms with Crippen LogP contribution in [0.2, 0.25) is 10.0 Å². The van der Waals surface area contributed by atoms with E-state index in [2.05, 4.69) is 5.32 Å². The van der Waals surface area contributed by atoms with Gasteiger partial charge in [-0.05, 0) is 24.5 Å². The molecule has 0 radical (unpaired) electrons. The molecule has 4 heteroatoms. The predicted molar refractivity (Wildman–Crippen MR) is 62.4 cm³/mol. The van der Waals surface area contributed by atoms with Crippen LogP contribution in [0.25, 0.3) is 0 Å². The molecule has 2 N–H and O–H groups in total. The highest BCUT2D eigenvalue weighted by Gasteiger charge is 2.41. The highest BCUT2D eigenvalue weighted by molar-refractivity contribution is 6.42. The van der Waals surface area contributed by atoms with Crippen LogP contribution in [0.5, 0.6) is 0 Å². The van der Waals surface area contributed by atoms with E-state index >= 15 is 0 Å². The number of hydrogen-bond acceptors (Lipinski definition) is 2. The van der Waals surface area contributed by atoms with Crippen LogP contribution in [-0.4, -0.2) is 17.3 Å². The lowest BCUT2D eigenvalue weighted by Gasteiger charge is -2.15. The van der Waals surface area contributed by atoms with E-state index in [1.807, 2.05) is 12.1 Å². The van der Waals surface area contributed by atoms with Gasteiger partial charge in [0, 0.05) is 12.1 Å². The van der Waals surface area contributed by atoms with E-state index < -0.39 is 0 Å². The van der Waals surface area contributed by atoms with Gasteiger partial charge in [0.05, 0.1) is 16.7 Å². The number of halogens is 2. The van der Waals surface area contributed by atoms with Crippen LogP contribution in [-0.2, 0) is 6.54 Å². The molecule has 0 saturated heterocycles. The highest BCUT2D eigenvalue weighted by atomic mass is 35.5. The summed E-state index contributed by atoms with van der Waals surface area (Å²) in [6.07, 6.45) is 2.06. The fraction of sp³-hybridized carbons (Fsp3) is 0.455. The largest absolute Gasteiger partial charge is 0.394 e. The van der Waals surface area contributed by atoms with Crippen molar-refractivity contribution in [2.24, 2.45) is 0 Å². The van der Waals surface area contributed by atoms with Gasteiger partial charge in [-0.1, -0.05) is 35.3 Å². The van der Waals surface area contributed by atoms with Crippen LogP contribution in [0.3, 0.4) is 0 Å². The summed E-state index contributed by atoms with van der Waals surface area (Å²) in [5, 5.41) is 13.6. The molecule has 2 rings (SSSR count). The second-order valence-electron chi connectivity index (χ2n) is 4.00. The number of rotatable bonds is 4. The van der Waals surface area contributed by atoms with Crippen LogP contribution in [0.4, 0.5) is 0 Å². The first-order valence-electron chi connectivity index (χ1n) is 4.96. The molecule has 82 valence electrons. The molecule has 0 amide bonds. The van der Waals surface area contributed by atoms with Crippen molar-refractivity contribution >= 4 is 23.2 Å². The Bertz CT molecular complexity index is 364. The maximum atomic E-state index is 9.14. The summed E-state index contributed by atoms with van der Waals surface area (Å²) in [4.78, 5) is 0. The van der Waals surface area contributed by atoms with E-state index in [4.69, 9.17) is 28.3 Å². The summed E-state index contributed by atoms with van der Waals surface area (Å²) < 4.78 is 0. The molecule has 1 saturated carbocycles. The zero-order valence-electron chi connectivity index (χ0n) is 8.26. The number of nitrogens with one attached hydrogen (secondary N) is 1. The van der Waals surface area contributed by atoms with Crippen LogP contribution in [0.1, 0.15) is 18.4 Å². The monoisotopic (exact) mass is 245 g/mol. The van der Waals surface area contributed by atoms with Crippen molar-refractivity contribution in [3.63, 3.8) is 0 Å². The summed E-state index contributed by atoms with van der Waals surface area (Å²) in [6, 6.07) is 5.59. The Hall–Kier alpha value is -0.280. The van der Waals surface area contributed by atoms with Gasteiger partial charge in [0.2, 0.25) is 0 Å². The number of aliphatic hydroxyl groups excluding tert-OH is 1. The van der Waals surface area contributed by atoms with Gasteiger partial charge in [-0.25, -0.2) is 0 Å². The summed E-state index contributed by atoms with van der Waals surface area (Å²) in [5.74, 6) is 0. The van der Waals surface area contributed by atoms with Crippen molar-refractivity contribution < 1.29 is 5.11 Å². The van der Waals surface area contributed by atoms with Gasteiger partial charge in [0.15, 0.2) is 0 Å². The van der Waals surface area contributed by atoms with Crippen molar-refractivity contribution in [1.82, 2.24) is 5.32 Å². The quantitative estimate of drug-likeness (QED) is 0.855. The summed E-state index contributed by atoms with van der Waals surface area (Å²) >= 11 is 12.0. The normalized spacial score (nSPS) is 17.8. The van der Waals surface area contributed by atoms with E-state index in [-0.39, 0.29) is 12.1 Å². The molecule has 0 heterocycles. The van der Waals surface area contributed by atoms with Crippen molar-refractivity contribution in [2.45, 2.75) is 24.9 Å². The average molecular weight is 246 g/mol. The standard InChI is InChI=1S/C11H13Cl2NO/c12-9-3-1-2-8(10(9)13)6-14-11(7-15)4-5-11/h1-3,14-15H,4-7H2. The molecule has 1 aromatic rings. The SMILES string of the molecule is OCC1(NCc2cccc(Cl)c2Cl)CC1. The first kappa shape index (κ1) is 11.2. The lowest BCUT2D eigenvalue weighted by Crippen LogP contribution is -2.34. The topological polar surface area (TPSA) is 32.3 Å². The Morgan fingerprint density at radius 1 is 1.33 bits per heavy atom. The number of aliphatic hydroxyl groups is 1. The predicted octanol–water partition coefficient (Wildman–Crippen LogP) is 2.61. The molecule has 0 aromatic heterocycles. The average Bonchev–Trinajstić information content (AvgIpc) is 3.01. The highest BCUT2D eigenvalue weighted by Crippen LogP contribution is 2.35. The Kier molecular flexibility index (Phi) is 3.21.